The van der Waals surface area contributed by atoms with Crippen molar-refractivity contribution in [2.24, 2.45) is 5.84 Å². The minimum Gasteiger partial charge on any atom is -0.320 e. The van der Waals surface area contributed by atoms with E-state index >= 15 is 0 Å². The molecule has 0 aromatic carbocycles. The molecule has 7 heteroatoms. The molecule has 0 radical (unpaired) electrons. The first-order chi connectivity index (χ1) is 8.22. The van der Waals surface area contributed by atoms with Gasteiger partial charge in [0.1, 0.15) is 4.88 Å². The number of nitrogens with one attached hydrogen (secondary N) is 2. The van der Waals surface area contributed by atoms with Crippen molar-refractivity contribution < 1.29 is 9.59 Å². The molecule has 2 heterocycles. The summed E-state index contributed by atoms with van der Waals surface area (Å²) in [4.78, 5) is 24.1. The summed E-state index contributed by atoms with van der Waals surface area (Å²) in [6.45, 7) is 0. The number of amides is 2. The van der Waals surface area contributed by atoms with Crippen LogP contribution in [-0.4, -0.2) is 11.8 Å². The lowest BCUT2D eigenvalue weighted by molar-refractivity contribution is 0.0958. The molecule has 2 aromatic rings. The number of carbonyl (C=O) groups excluding carboxylic acids is 2. The third-order valence-corrected chi connectivity index (χ3v) is 3.78. The summed E-state index contributed by atoms with van der Waals surface area (Å²) in [5.41, 5.74) is 2.51. The normalized spacial score (nSPS) is 9.94. The highest BCUT2D eigenvalue weighted by molar-refractivity contribution is 7.13. The second-order valence-electron chi connectivity index (χ2n) is 3.07. The van der Waals surface area contributed by atoms with Gasteiger partial charge < -0.3 is 5.32 Å². The Hall–Kier alpha value is -1.70. The van der Waals surface area contributed by atoms with Gasteiger partial charge >= 0.3 is 0 Å². The third kappa shape index (κ3) is 2.52. The molecule has 2 amide bonds. The SMILES string of the molecule is NNC(=O)c1sccc1NC(=O)c1cccs1. The number of nitrogen functional groups attached to an aromatic ring is 1. The Labute approximate surface area is 105 Å². The van der Waals surface area contributed by atoms with Gasteiger partial charge in [0.2, 0.25) is 0 Å². The Morgan fingerprint density at radius 2 is 1.94 bits per heavy atom. The van der Waals surface area contributed by atoms with Gasteiger partial charge in [-0.1, -0.05) is 6.07 Å². The molecular formula is C10H9N3O2S2. The summed E-state index contributed by atoms with van der Waals surface area (Å²) in [7, 11) is 0. The summed E-state index contributed by atoms with van der Waals surface area (Å²) in [5.74, 6) is 4.41. The number of hydrogen-bond acceptors (Lipinski definition) is 5. The van der Waals surface area contributed by atoms with Crippen molar-refractivity contribution in [3.05, 3.63) is 38.7 Å². The zero-order valence-corrected chi connectivity index (χ0v) is 10.2. The summed E-state index contributed by atoms with van der Waals surface area (Å²) in [5, 5.41) is 6.21. The lowest BCUT2D eigenvalue weighted by Crippen LogP contribution is -2.30. The number of hydrazine groups is 1. The molecular weight excluding hydrogens is 258 g/mol. The van der Waals surface area contributed by atoms with Crippen LogP contribution in [0, 0.1) is 0 Å². The number of nitrogens with two attached hydrogens (primary N) is 1. The van der Waals surface area contributed by atoms with Crippen molar-refractivity contribution in [2.45, 2.75) is 0 Å². The second kappa shape index (κ2) is 5.09. The van der Waals surface area contributed by atoms with E-state index in [0.29, 0.717) is 15.4 Å². The minimum atomic E-state index is -0.415. The standard InChI is InChI=1S/C10H9N3O2S2/c11-13-10(15)8-6(3-5-17-8)12-9(14)7-2-1-4-16-7/h1-5H,11H2,(H,12,14)(H,13,15). The highest BCUT2D eigenvalue weighted by Crippen LogP contribution is 2.23. The fourth-order valence-electron chi connectivity index (χ4n) is 1.24. The molecule has 17 heavy (non-hydrogen) atoms. The van der Waals surface area contributed by atoms with Crippen LogP contribution in [0.3, 0.4) is 0 Å². The van der Waals surface area contributed by atoms with Gasteiger partial charge in [-0.05, 0) is 22.9 Å². The van der Waals surface area contributed by atoms with Crippen molar-refractivity contribution in [1.82, 2.24) is 5.43 Å². The summed E-state index contributed by atoms with van der Waals surface area (Å²) >= 11 is 2.56. The quantitative estimate of drug-likeness (QED) is 0.449. The molecule has 0 saturated heterocycles. The molecule has 0 unspecified atom stereocenters. The van der Waals surface area contributed by atoms with Gasteiger partial charge in [0.25, 0.3) is 11.8 Å². The summed E-state index contributed by atoms with van der Waals surface area (Å²) in [6.07, 6.45) is 0. The van der Waals surface area contributed by atoms with Crippen LogP contribution in [0.1, 0.15) is 19.3 Å². The monoisotopic (exact) mass is 267 g/mol. The maximum absolute atomic E-state index is 11.8. The molecule has 0 saturated carbocycles. The van der Waals surface area contributed by atoms with Crippen LogP contribution < -0.4 is 16.6 Å². The average Bonchev–Trinajstić information content (AvgIpc) is 2.98. The van der Waals surface area contributed by atoms with E-state index in [1.807, 2.05) is 10.8 Å². The Kier molecular flexibility index (Phi) is 3.52. The van der Waals surface area contributed by atoms with Gasteiger partial charge in [0.15, 0.2) is 0 Å². The van der Waals surface area contributed by atoms with Gasteiger partial charge in [-0.3, -0.25) is 15.0 Å². The third-order valence-electron chi connectivity index (χ3n) is 2.00. The Bertz CT molecular complexity index is 534. The fraction of sp³-hybridized carbons (Fsp3) is 0. The average molecular weight is 267 g/mol. The van der Waals surface area contributed by atoms with Crippen molar-refractivity contribution in [1.29, 1.82) is 0 Å². The lowest BCUT2D eigenvalue weighted by Gasteiger charge is -2.03. The Morgan fingerprint density at radius 1 is 1.12 bits per heavy atom. The zero-order valence-electron chi connectivity index (χ0n) is 8.60. The van der Waals surface area contributed by atoms with Crippen molar-refractivity contribution in [3.8, 4) is 0 Å². The molecule has 2 aromatic heterocycles. The molecule has 0 aliphatic carbocycles. The molecule has 88 valence electrons. The molecule has 2 rings (SSSR count). The van der Waals surface area contributed by atoms with Crippen LogP contribution in [0.25, 0.3) is 0 Å². The topological polar surface area (TPSA) is 84.2 Å². The van der Waals surface area contributed by atoms with Crippen LogP contribution in [0.2, 0.25) is 0 Å². The maximum Gasteiger partial charge on any atom is 0.277 e. The molecule has 0 bridgehead atoms. The van der Waals surface area contributed by atoms with Crippen LogP contribution in [0.4, 0.5) is 5.69 Å². The lowest BCUT2D eigenvalue weighted by atomic mass is 10.3. The summed E-state index contributed by atoms with van der Waals surface area (Å²) < 4.78 is 0. The predicted octanol–water partition coefficient (Wildman–Crippen LogP) is 1.67. The van der Waals surface area contributed by atoms with Crippen molar-refractivity contribution >= 4 is 40.2 Å². The van der Waals surface area contributed by atoms with Gasteiger partial charge in [0, 0.05) is 0 Å². The number of anilines is 1. The molecule has 0 aliphatic rings. The molecule has 0 spiro atoms. The molecule has 5 nitrogen and oxygen atoms in total. The van der Waals surface area contributed by atoms with E-state index in [0.717, 1.165) is 0 Å². The number of rotatable bonds is 3. The van der Waals surface area contributed by atoms with Crippen LogP contribution in [-0.2, 0) is 0 Å². The van der Waals surface area contributed by atoms with E-state index in [1.54, 1.807) is 23.6 Å². The van der Waals surface area contributed by atoms with E-state index in [4.69, 9.17) is 5.84 Å². The van der Waals surface area contributed by atoms with Crippen molar-refractivity contribution in [3.63, 3.8) is 0 Å². The van der Waals surface area contributed by atoms with E-state index < -0.39 is 5.91 Å². The van der Waals surface area contributed by atoms with Crippen LogP contribution >= 0.6 is 22.7 Å². The van der Waals surface area contributed by atoms with Crippen molar-refractivity contribution in [2.75, 3.05) is 5.32 Å². The van der Waals surface area contributed by atoms with Gasteiger partial charge in [-0.15, -0.1) is 22.7 Å². The molecule has 0 atom stereocenters. The van der Waals surface area contributed by atoms with E-state index in [-0.39, 0.29) is 5.91 Å². The van der Waals surface area contributed by atoms with E-state index in [2.05, 4.69) is 5.32 Å². The highest BCUT2D eigenvalue weighted by atomic mass is 32.1. The van der Waals surface area contributed by atoms with Gasteiger partial charge in [-0.25, -0.2) is 5.84 Å². The number of hydrogen-bond donors (Lipinski definition) is 3. The molecule has 0 fully saturated rings. The first-order valence-electron chi connectivity index (χ1n) is 4.65. The fourth-order valence-corrected chi connectivity index (χ4v) is 2.61. The van der Waals surface area contributed by atoms with E-state index in [9.17, 15) is 9.59 Å². The Morgan fingerprint density at radius 3 is 2.59 bits per heavy atom. The predicted molar refractivity (Wildman–Crippen MR) is 68.2 cm³/mol. The van der Waals surface area contributed by atoms with Gasteiger partial charge in [0.05, 0.1) is 10.6 Å². The second-order valence-corrected chi connectivity index (χ2v) is 4.93. The smallest absolute Gasteiger partial charge is 0.277 e. The van der Waals surface area contributed by atoms with Crippen LogP contribution in [0.15, 0.2) is 29.0 Å². The summed E-state index contributed by atoms with van der Waals surface area (Å²) in [6, 6.07) is 5.18. The van der Waals surface area contributed by atoms with Crippen LogP contribution in [0.5, 0.6) is 0 Å². The molecule has 0 aliphatic heterocycles. The zero-order chi connectivity index (χ0) is 12.3. The maximum atomic E-state index is 11.8. The molecule has 4 N–H and O–H groups in total. The highest BCUT2D eigenvalue weighted by Gasteiger charge is 2.15. The van der Waals surface area contributed by atoms with E-state index in [1.165, 1.54) is 22.7 Å². The number of thiophene rings is 2. The Balaban J connectivity index is 2.17. The number of carbonyl (C=O) groups is 2. The first kappa shape index (κ1) is 11.8. The largest absolute Gasteiger partial charge is 0.320 e. The first-order valence-corrected chi connectivity index (χ1v) is 6.41. The van der Waals surface area contributed by atoms with Gasteiger partial charge in [-0.2, -0.15) is 0 Å². The minimum absolute atomic E-state index is 0.232.